The molecule has 7 heteroatoms. The lowest BCUT2D eigenvalue weighted by atomic mass is 9.95. The third kappa shape index (κ3) is 5.28. The van der Waals surface area contributed by atoms with Crippen LogP contribution in [-0.2, 0) is 4.79 Å². The first kappa shape index (κ1) is 19.5. The normalized spacial score (nSPS) is 22.0. The van der Waals surface area contributed by atoms with Crippen LogP contribution < -0.4 is 11.1 Å². The lowest BCUT2D eigenvalue weighted by Crippen LogP contribution is -2.46. The summed E-state index contributed by atoms with van der Waals surface area (Å²) < 4.78 is 0. The van der Waals surface area contributed by atoms with Gasteiger partial charge in [-0.15, -0.1) is 12.4 Å². The van der Waals surface area contributed by atoms with Crippen LogP contribution >= 0.6 is 35.6 Å². The highest BCUT2D eigenvalue weighted by Crippen LogP contribution is 2.29. The van der Waals surface area contributed by atoms with Gasteiger partial charge in [-0.2, -0.15) is 0 Å². The summed E-state index contributed by atoms with van der Waals surface area (Å²) in [4.78, 5) is 14.3. The van der Waals surface area contributed by atoms with Gasteiger partial charge in [-0.3, -0.25) is 4.79 Å². The van der Waals surface area contributed by atoms with E-state index in [0.717, 1.165) is 26.1 Å². The Balaban J connectivity index is 0.00000242. The van der Waals surface area contributed by atoms with Crippen LogP contribution in [0, 0.1) is 5.92 Å². The van der Waals surface area contributed by atoms with Gasteiger partial charge in [0.2, 0.25) is 5.91 Å². The number of nitrogens with one attached hydrogen (secondary N) is 1. The van der Waals surface area contributed by atoms with E-state index < -0.39 is 0 Å². The molecule has 0 spiro atoms. The number of rotatable bonds is 4. The molecule has 0 bridgehead atoms. The van der Waals surface area contributed by atoms with Gasteiger partial charge in [0.05, 0.1) is 15.7 Å². The Labute approximate surface area is 147 Å². The molecule has 0 aromatic heterocycles. The molecule has 4 nitrogen and oxygen atoms in total. The summed E-state index contributed by atoms with van der Waals surface area (Å²) in [7, 11) is 0. The maximum absolute atomic E-state index is 12.0. The molecule has 0 saturated carbocycles. The fourth-order valence-corrected chi connectivity index (χ4v) is 3.02. The zero-order chi connectivity index (χ0) is 15.4. The average molecular weight is 367 g/mol. The van der Waals surface area contributed by atoms with Gasteiger partial charge in [0.1, 0.15) is 0 Å². The highest BCUT2D eigenvalue weighted by molar-refractivity contribution is 6.39. The van der Waals surface area contributed by atoms with Gasteiger partial charge in [-0.25, -0.2) is 0 Å². The van der Waals surface area contributed by atoms with Gasteiger partial charge in [0.15, 0.2) is 0 Å². The molecule has 3 N–H and O–H groups in total. The highest BCUT2D eigenvalue weighted by atomic mass is 35.5. The summed E-state index contributed by atoms with van der Waals surface area (Å²) in [5, 5.41) is 3.69. The first-order valence-electron chi connectivity index (χ1n) is 7.19. The molecule has 1 aromatic rings. The molecule has 2 unspecified atom stereocenters. The van der Waals surface area contributed by atoms with Crippen molar-refractivity contribution in [1.29, 1.82) is 0 Å². The number of piperidine rings is 1. The minimum absolute atomic E-state index is 0. The van der Waals surface area contributed by atoms with E-state index >= 15 is 0 Å². The van der Waals surface area contributed by atoms with E-state index in [2.05, 4.69) is 17.1 Å². The molecule has 1 fully saturated rings. The molecular formula is C15H22Cl3N3O. The van der Waals surface area contributed by atoms with Crippen molar-refractivity contribution in [3.05, 3.63) is 28.2 Å². The first-order chi connectivity index (χ1) is 9.97. The lowest BCUT2D eigenvalue weighted by Gasteiger charge is -2.34. The molecule has 22 heavy (non-hydrogen) atoms. The van der Waals surface area contributed by atoms with Crippen molar-refractivity contribution in [2.45, 2.75) is 25.8 Å². The molecule has 1 heterocycles. The van der Waals surface area contributed by atoms with Crippen LogP contribution in [0.15, 0.2) is 18.2 Å². The van der Waals surface area contributed by atoms with E-state index in [4.69, 9.17) is 28.9 Å². The largest absolute Gasteiger partial charge is 0.327 e. The van der Waals surface area contributed by atoms with E-state index in [0.29, 0.717) is 28.1 Å². The third-order valence-electron chi connectivity index (χ3n) is 3.94. The molecule has 0 radical (unpaired) electrons. The summed E-state index contributed by atoms with van der Waals surface area (Å²) in [5.74, 6) is 0.396. The highest BCUT2D eigenvalue weighted by Gasteiger charge is 2.23. The van der Waals surface area contributed by atoms with Crippen LogP contribution in [0.2, 0.25) is 10.0 Å². The standard InChI is InChI=1S/C15H21Cl2N3O.ClH/c1-10-9-20(7-5-13(10)18)8-6-14(21)19-15-11(16)3-2-4-12(15)17;/h2-4,10,13H,5-9,18H2,1H3,(H,19,21);1H. The molecule has 2 rings (SSSR count). The molecule has 1 aliphatic heterocycles. The van der Waals surface area contributed by atoms with Crippen LogP contribution in [0.5, 0.6) is 0 Å². The maximum Gasteiger partial charge on any atom is 0.225 e. The number of carbonyl (C=O) groups excluding carboxylic acids is 1. The zero-order valence-electron chi connectivity index (χ0n) is 12.5. The molecule has 1 aromatic carbocycles. The van der Waals surface area contributed by atoms with Crippen molar-refractivity contribution in [1.82, 2.24) is 4.90 Å². The Morgan fingerprint density at radius 3 is 2.64 bits per heavy atom. The Kier molecular flexibility index (Phi) is 7.94. The average Bonchev–Trinajstić information content (AvgIpc) is 2.44. The van der Waals surface area contributed by atoms with E-state index in [1.807, 2.05) is 0 Å². The van der Waals surface area contributed by atoms with Crippen LogP contribution in [0.25, 0.3) is 0 Å². The molecule has 124 valence electrons. The Bertz CT molecular complexity index is 493. The second kappa shape index (κ2) is 8.94. The predicted octanol–water partition coefficient (Wildman–Crippen LogP) is 3.41. The number of benzene rings is 1. The molecule has 0 aliphatic carbocycles. The fraction of sp³-hybridized carbons (Fsp3) is 0.533. The second-order valence-electron chi connectivity index (χ2n) is 5.63. The number of nitrogens with two attached hydrogens (primary N) is 1. The fourth-order valence-electron chi connectivity index (χ4n) is 2.53. The van der Waals surface area contributed by atoms with Crippen molar-refractivity contribution >= 4 is 47.2 Å². The van der Waals surface area contributed by atoms with Crippen molar-refractivity contribution in [2.75, 3.05) is 25.0 Å². The number of hydrogen-bond acceptors (Lipinski definition) is 3. The monoisotopic (exact) mass is 365 g/mol. The minimum Gasteiger partial charge on any atom is -0.327 e. The Morgan fingerprint density at radius 2 is 2.05 bits per heavy atom. The van der Waals surface area contributed by atoms with Gasteiger partial charge in [-0.1, -0.05) is 36.2 Å². The number of halogens is 3. The van der Waals surface area contributed by atoms with Gasteiger partial charge in [0.25, 0.3) is 0 Å². The third-order valence-corrected chi connectivity index (χ3v) is 4.57. The first-order valence-corrected chi connectivity index (χ1v) is 7.94. The number of amides is 1. The zero-order valence-corrected chi connectivity index (χ0v) is 14.8. The molecule has 1 aliphatic rings. The van der Waals surface area contributed by atoms with Gasteiger partial charge in [0, 0.05) is 25.6 Å². The maximum atomic E-state index is 12.0. The molecular weight excluding hydrogens is 345 g/mol. The Morgan fingerprint density at radius 1 is 1.41 bits per heavy atom. The number of carbonyl (C=O) groups is 1. The van der Waals surface area contributed by atoms with Crippen LogP contribution in [-0.4, -0.2) is 36.5 Å². The van der Waals surface area contributed by atoms with E-state index in [1.165, 1.54) is 0 Å². The smallest absolute Gasteiger partial charge is 0.225 e. The van der Waals surface area contributed by atoms with Crippen molar-refractivity contribution < 1.29 is 4.79 Å². The Hall–Kier alpha value is -0.520. The molecule has 1 saturated heterocycles. The summed E-state index contributed by atoms with van der Waals surface area (Å²) >= 11 is 12.1. The van der Waals surface area contributed by atoms with Crippen LogP contribution in [0.3, 0.4) is 0 Å². The van der Waals surface area contributed by atoms with Crippen molar-refractivity contribution in [3.63, 3.8) is 0 Å². The van der Waals surface area contributed by atoms with Crippen molar-refractivity contribution in [2.24, 2.45) is 11.7 Å². The van der Waals surface area contributed by atoms with E-state index in [9.17, 15) is 4.79 Å². The second-order valence-corrected chi connectivity index (χ2v) is 6.44. The number of hydrogen-bond donors (Lipinski definition) is 2. The summed E-state index contributed by atoms with van der Waals surface area (Å²) in [5.41, 5.74) is 6.48. The van der Waals surface area contributed by atoms with Gasteiger partial charge < -0.3 is 16.0 Å². The summed E-state index contributed by atoms with van der Waals surface area (Å²) in [6, 6.07) is 5.43. The number of para-hydroxylation sites is 1. The quantitative estimate of drug-likeness (QED) is 0.858. The number of anilines is 1. The van der Waals surface area contributed by atoms with Gasteiger partial charge in [-0.05, 0) is 31.0 Å². The van der Waals surface area contributed by atoms with Crippen LogP contribution in [0.4, 0.5) is 5.69 Å². The SMILES string of the molecule is CC1CN(CCC(=O)Nc2c(Cl)cccc2Cl)CCC1N.Cl. The summed E-state index contributed by atoms with van der Waals surface area (Å²) in [6.07, 6.45) is 1.41. The number of likely N-dealkylation sites (tertiary alicyclic amines) is 1. The van der Waals surface area contributed by atoms with Crippen LogP contribution in [0.1, 0.15) is 19.8 Å². The molecule has 2 atom stereocenters. The minimum atomic E-state index is -0.0764. The van der Waals surface area contributed by atoms with Gasteiger partial charge >= 0.3 is 0 Å². The van der Waals surface area contributed by atoms with Crippen molar-refractivity contribution in [3.8, 4) is 0 Å². The lowest BCUT2D eigenvalue weighted by molar-refractivity contribution is -0.116. The van der Waals surface area contributed by atoms with E-state index in [1.54, 1.807) is 18.2 Å². The molecule has 1 amide bonds. The number of nitrogens with zero attached hydrogens (tertiary/aromatic N) is 1. The predicted molar refractivity (Wildman–Crippen MR) is 95.2 cm³/mol. The van der Waals surface area contributed by atoms with E-state index in [-0.39, 0.29) is 24.4 Å². The topological polar surface area (TPSA) is 58.4 Å². The summed E-state index contributed by atoms with van der Waals surface area (Å²) in [6.45, 7) is 4.78.